The van der Waals surface area contributed by atoms with Gasteiger partial charge in [-0.2, -0.15) is 0 Å². The van der Waals surface area contributed by atoms with Crippen molar-refractivity contribution in [1.29, 1.82) is 0 Å². The molecule has 0 nitrogen and oxygen atoms in total. The van der Waals surface area contributed by atoms with E-state index in [1.54, 1.807) is 0 Å². The van der Waals surface area contributed by atoms with Gasteiger partial charge >= 0.3 is 0 Å². The SMILES string of the molecule is C[Si](C)C1C=Cc2ccccc21.[Li]. The zero-order valence-electron chi connectivity index (χ0n) is 8.54. The van der Waals surface area contributed by atoms with E-state index in [1.165, 1.54) is 11.1 Å². The molecular formula is C11H13LiSi. The van der Waals surface area contributed by atoms with Gasteiger partial charge < -0.3 is 0 Å². The molecule has 0 saturated carbocycles. The Balaban J connectivity index is 0.000000845. The fraction of sp³-hybridized carbons (Fsp3) is 0.273. The average molecular weight is 180 g/mol. The van der Waals surface area contributed by atoms with Crippen LogP contribution in [-0.4, -0.2) is 27.7 Å². The molecule has 1 aromatic carbocycles. The Hall–Kier alpha value is -0.226. The molecule has 2 rings (SSSR count). The van der Waals surface area contributed by atoms with Gasteiger partial charge in [-0.05, 0) is 16.7 Å². The predicted octanol–water partition coefficient (Wildman–Crippen LogP) is 2.71. The van der Waals surface area contributed by atoms with E-state index in [9.17, 15) is 0 Å². The van der Waals surface area contributed by atoms with E-state index in [-0.39, 0.29) is 27.7 Å². The Labute approximate surface area is 93.8 Å². The van der Waals surface area contributed by atoms with Crippen molar-refractivity contribution in [3.05, 3.63) is 41.5 Å². The van der Waals surface area contributed by atoms with Crippen molar-refractivity contribution in [3.63, 3.8) is 0 Å². The van der Waals surface area contributed by atoms with Gasteiger partial charge in [0, 0.05) is 18.9 Å². The first-order valence-corrected chi connectivity index (χ1v) is 6.94. The zero-order chi connectivity index (χ0) is 8.55. The summed E-state index contributed by atoms with van der Waals surface area (Å²) in [6.07, 6.45) is 4.62. The quantitative estimate of drug-likeness (QED) is 0.583. The number of rotatable bonds is 1. The van der Waals surface area contributed by atoms with Gasteiger partial charge in [-0.25, -0.2) is 0 Å². The van der Waals surface area contributed by atoms with Crippen LogP contribution < -0.4 is 0 Å². The molecule has 62 valence electrons. The molecule has 2 heteroatoms. The first-order valence-electron chi connectivity index (χ1n) is 4.36. The molecule has 0 aromatic heterocycles. The van der Waals surface area contributed by atoms with Gasteiger partial charge in [0.1, 0.15) is 0 Å². The van der Waals surface area contributed by atoms with Crippen LogP contribution >= 0.6 is 0 Å². The van der Waals surface area contributed by atoms with E-state index in [0.717, 1.165) is 5.54 Å². The summed E-state index contributed by atoms with van der Waals surface area (Å²) in [7, 11) is -0.211. The van der Waals surface area contributed by atoms with Crippen molar-refractivity contribution in [2.24, 2.45) is 0 Å². The Kier molecular flexibility index (Phi) is 3.61. The predicted molar refractivity (Wildman–Crippen MR) is 61.5 cm³/mol. The maximum absolute atomic E-state index is 2.38. The van der Waals surface area contributed by atoms with Crippen molar-refractivity contribution in [1.82, 2.24) is 0 Å². The van der Waals surface area contributed by atoms with E-state index in [1.807, 2.05) is 0 Å². The van der Waals surface area contributed by atoms with Crippen LogP contribution in [0.2, 0.25) is 13.1 Å². The van der Waals surface area contributed by atoms with Gasteiger partial charge in [0.25, 0.3) is 0 Å². The van der Waals surface area contributed by atoms with Crippen molar-refractivity contribution < 1.29 is 0 Å². The molecule has 0 fully saturated rings. The normalized spacial score (nSPS) is 18.5. The molecule has 0 heterocycles. The number of benzene rings is 1. The topological polar surface area (TPSA) is 0 Å². The second-order valence-corrected chi connectivity index (χ2v) is 6.32. The fourth-order valence-electron chi connectivity index (χ4n) is 1.75. The van der Waals surface area contributed by atoms with Crippen LogP contribution in [0.15, 0.2) is 30.3 Å². The maximum atomic E-state index is 2.38. The van der Waals surface area contributed by atoms with Crippen molar-refractivity contribution in [2.75, 3.05) is 0 Å². The molecule has 1 aliphatic rings. The molecule has 0 spiro atoms. The summed E-state index contributed by atoms with van der Waals surface area (Å²) in [5, 5.41) is 0. The third-order valence-electron chi connectivity index (χ3n) is 2.42. The molecule has 0 N–H and O–H groups in total. The fourth-order valence-corrected chi connectivity index (χ4v) is 3.12. The van der Waals surface area contributed by atoms with Crippen molar-refractivity contribution >= 4 is 33.7 Å². The second kappa shape index (κ2) is 4.33. The summed E-state index contributed by atoms with van der Waals surface area (Å²) >= 11 is 0. The van der Waals surface area contributed by atoms with E-state index in [2.05, 4.69) is 49.5 Å². The smallest absolute Gasteiger partial charge is 0.0548 e. The van der Waals surface area contributed by atoms with Gasteiger partial charge in [-0.3, -0.25) is 0 Å². The second-order valence-electron chi connectivity index (χ2n) is 3.54. The van der Waals surface area contributed by atoms with E-state index in [4.69, 9.17) is 0 Å². The van der Waals surface area contributed by atoms with Gasteiger partial charge in [-0.1, -0.05) is 49.5 Å². The summed E-state index contributed by atoms with van der Waals surface area (Å²) in [4.78, 5) is 0. The Morgan fingerprint density at radius 3 is 2.54 bits per heavy atom. The monoisotopic (exact) mass is 180 g/mol. The summed E-state index contributed by atoms with van der Waals surface area (Å²) in [6.45, 7) is 4.75. The van der Waals surface area contributed by atoms with Crippen LogP contribution in [0, 0.1) is 0 Å². The summed E-state index contributed by atoms with van der Waals surface area (Å²) in [5.74, 6) is 0. The Morgan fingerprint density at radius 2 is 1.85 bits per heavy atom. The van der Waals surface area contributed by atoms with E-state index >= 15 is 0 Å². The minimum Gasteiger partial charge on any atom is -0.0794 e. The van der Waals surface area contributed by atoms with Crippen LogP contribution in [0.25, 0.3) is 6.08 Å². The Morgan fingerprint density at radius 1 is 1.15 bits per heavy atom. The van der Waals surface area contributed by atoms with Crippen LogP contribution in [-0.2, 0) is 0 Å². The number of allylic oxidation sites excluding steroid dienone is 1. The molecule has 0 saturated heterocycles. The molecule has 1 aromatic rings. The Bertz CT molecular complexity index is 318. The van der Waals surface area contributed by atoms with Gasteiger partial charge in [0.2, 0.25) is 0 Å². The van der Waals surface area contributed by atoms with Crippen LogP contribution in [0.4, 0.5) is 0 Å². The molecule has 0 aliphatic heterocycles. The summed E-state index contributed by atoms with van der Waals surface area (Å²) in [5.41, 5.74) is 3.70. The van der Waals surface area contributed by atoms with Crippen LogP contribution in [0.3, 0.4) is 0 Å². The molecule has 2 radical (unpaired) electrons. The minimum atomic E-state index is -0.211. The third kappa shape index (κ3) is 1.99. The van der Waals surface area contributed by atoms with Gasteiger partial charge in [-0.15, -0.1) is 0 Å². The van der Waals surface area contributed by atoms with Gasteiger partial charge in [0.15, 0.2) is 0 Å². The van der Waals surface area contributed by atoms with Crippen molar-refractivity contribution in [2.45, 2.75) is 18.6 Å². The maximum Gasteiger partial charge on any atom is 0.0548 e. The summed E-state index contributed by atoms with van der Waals surface area (Å²) < 4.78 is 0. The van der Waals surface area contributed by atoms with Gasteiger partial charge in [0.05, 0.1) is 8.80 Å². The molecule has 1 unspecified atom stereocenters. The number of hydrogen-bond acceptors (Lipinski definition) is 0. The minimum absolute atomic E-state index is 0. The number of hydrogen-bond donors (Lipinski definition) is 0. The van der Waals surface area contributed by atoms with Crippen molar-refractivity contribution in [3.8, 4) is 0 Å². The van der Waals surface area contributed by atoms with Crippen LogP contribution in [0.1, 0.15) is 16.7 Å². The zero-order valence-corrected chi connectivity index (χ0v) is 9.54. The molecular weight excluding hydrogens is 167 g/mol. The molecule has 1 atom stereocenters. The molecule has 13 heavy (non-hydrogen) atoms. The largest absolute Gasteiger partial charge is 0.0794 e. The van der Waals surface area contributed by atoms with E-state index in [0.29, 0.717) is 0 Å². The summed E-state index contributed by atoms with van der Waals surface area (Å²) in [6, 6.07) is 8.72. The molecule has 0 amide bonds. The standard InChI is InChI=1S/C11H13Si.Li/c1-12(2)11-8-7-9-5-3-4-6-10(9)11;/h3-8,11H,1-2H3;. The van der Waals surface area contributed by atoms with E-state index < -0.39 is 0 Å². The average Bonchev–Trinajstić information content (AvgIpc) is 2.47. The van der Waals surface area contributed by atoms with Crippen LogP contribution in [0.5, 0.6) is 0 Å². The first kappa shape index (κ1) is 10.9. The number of fused-ring (bicyclic) bond motifs is 1. The molecule has 0 bridgehead atoms. The third-order valence-corrected chi connectivity index (χ3v) is 4.17. The first-order chi connectivity index (χ1) is 5.79. The molecule has 1 aliphatic carbocycles.